The van der Waals surface area contributed by atoms with Crippen LogP contribution >= 0.6 is 11.8 Å². The topological polar surface area (TPSA) is 271 Å². The number of carboxylic acid groups (broad SMARTS) is 3. The maximum atomic E-state index is 12.2. The molecule has 0 aliphatic carbocycles. The number of carbonyl (C=O) groups is 5. The molecule has 1 aromatic rings. The predicted octanol–water partition coefficient (Wildman–Crippen LogP) is -0.0476. The van der Waals surface area contributed by atoms with Crippen LogP contribution in [0.15, 0.2) is 29.4 Å². The van der Waals surface area contributed by atoms with Crippen molar-refractivity contribution in [3.05, 3.63) is 40.3 Å². The lowest BCUT2D eigenvalue weighted by molar-refractivity contribution is -0.143. The third-order valence-electron chi connectivity index (χ3n) is 5.01. The monoisotopic (exact) mass is 539 g/mol. The zero-order valence-electron chi connectivity index (χ0n) is 19.9. The number of benzene rings is 1. The second-order valence-electron chi connectivity index (χ2n) is 8.19. The van der Waals surface area contributed by atoms with Crippen LogP contribution in [0.2, 0.25) is 0 Å². The van der Waals surface area contributed by atoms with Crippen molar-refractivity contribution < 1.29 is 39.3 Å². The lowest BCUT2D eigenvalue weighted by atomic mass is 9.94. The highest BCUT2D eigenvalue weighted by Gasteiger charge is 2.35. The van der Waals surface area contributed by atoms with Crippen LogP contribution in [-0.2, 0) is 30.4 Å². The Hall–Kier alpha value is -3.85. The molecule has 16 heteroatoms. The molecule has 0 saturated carbocycles. The van der Waals surface area contributed by atoms with Gasteiger partial charge in [-0.3, -0.25) is 14.4 Å². The Balaban J connectivity index is 2.71. The standard InChI is InChI=1S/C21H29N7O8S/c1-11(22)17(30)26-14(18(31)32)6-7-16(29)25-15(19(33)34)9-37-10-21(23,20(35)36)8-12-2-4-13(5-3-12)27-28-24/h2-5,11,14-15H,6-10,22-23H2,1H3,(H,25,29)(H,26,30)(H,31,32)(H,33,34)(H,35,36)/t11-,14+,15-,21-/m0/s1. The van der Waals surface area contributed by atoms with Crippen molar-refractivity contribution in [2.75, 3.05) is 11.5 Å². The number of hydrogen-bond donors (Lipinski definition) is 7. The van der Waals surface area contributed by atoms with Gasteiger partial charge in [-0.05, 0) is 24.4 Å². The van der Waals surface area contributed by atoms with Crippen LogP contribution in [0, 0.1) is 0 Å². The Morgan fingerprint density at radius 1 is 1.08 bits per heavy atom. The fourth-order valence-corrected chi connectivity index (χ4v) is 4.09. The molecular weight excluding hydrogens is 510 g/mol. The van der Waals surface area contributed by atoms with E-state index in [1.54, 1.807) is 12.1 Å². The molecule has 0 spiro atoms. The van der Waals surface area contributed by atoms with Crippen LogP contribution in [0.1, 0.15) is 25.3 Å². The van der Waals surface area contributed by atoms with E-state index >= 15 is 0 Å². The van der Waals surface area contributed by atoms with Gasteiger partial charge in [0.1, 0.15) is 17.6 Å². The fourth-order valence-electron chi connectivity index (χ4n) is 2.92. The number of azide groups is 1. The highest BCUT2D eigenvalue weighted by molar-refractivity contribution is 7.99. The molecule has 202 valence electrons. The predicted molar refractivity (Wildman–Crippen MR) is 133 cm³/mol. The molecule has 0 radical (unpaired) electrons. The first-order valence-electron chi connectivity index (χ1n) is 10.8. The van der Waals surface area contributed by atoms with Crippen molar-refractivity contribution in [3.63, 3.8) is 0 Å². The molecule has 0 unspecified atom stereocenters. The van der Waals surface area contributed by atoms with E-state index in [1.165, 1.54) is 19.1 Å². The van der Waals surface area contributed by atoms with Crippen molar-refractivity contribution in [2.45, 2.75) is 49.9 Å². The number of nitrogens with two attached hydrogens (primary N) is 2. The summed E-state index contributed by atoms with van der Waals surface area (Å²) in [5.41, 5.74) is 19.0. The summed E-state index contributed by atoms with van der Waals surface area (Å²) in [5.74, 6) is -5.98. The van der Waals surface area contributed by atoms with Gasteiger partial charge in [-0.2, -0.15) is 11.8 Å². The Morgan fingerprint density at radius 3 is 2.16 bits per heavy atom. The average molecular weight is 540 g/mol. The van der Waals surface area contributed by atoms with Gasteiger partial charge in [0.2, 0.25) is 11.8 Å². The first-order chi connectivity index (χ1) is 17.3. The molecule has 9 N–H and O–H groups in total. The molecule has 0 aliphatic heterocycles. The van der Waals surface area contributed by atoms with Crippen LogP contribution in [0.3, 0.4) is 0 Å². The quantitative estimate of drug-likeness (QED) is 0.0830. The van der Waals surface area contributed by atoms with E-state index in [2.05, 4.69) is 20.7 Å². The summed E-state index contributed by atoms with van der Waals surface area (Å²) in [6.45, 7) is 1.36. The summed E-state index contributed by atoms with van der Waals surface area (Å²) in [4.78, 5) is 61.2. The van der Waals surface area contributed by atoms with Gasteiger partial charge in [0, 0.05) is 34.9 Å². The largest absolute Gasteiger partial charge is 0.480 e. The second kappa shape index (κ2) is 14.6. The minimum Gasteiger partial charge on any atom is -0.480 e. The number of thioether (sulfide) groups is 1. The zero-order chi connectivity index (χ0) is 28.2. The lowest BCUT2D eigenvalue weighted by Crippen LogP contribution is -2.53. The molecule has 1 rings (SSSR count). The highest BCUT2D eigenvalue weighted by atomic mass is 32.2. The van der Waals surface area contributed by atoms with Gasteiger partial charge in [-0.25, -0.2) is 9.59 Å². The number of carbonyl (C=O) groups excluding carboxylic acids is 2. The molecule has 0 aromatic heterocycles. The van der Waals surface area contributed by atoms with Gasteiger partial charge in [0.25, 0.3) is 0 Å². The summed E-state index contributed by atoms with van der Waals surface area (Å²) in [7, 11) is 0. The second-order valence-corrected chi connectivity index (χ2v) is 9.22. The van der Waals surface area contributed by atoms with Crippen molar-refractivity contribution >= 4 is 47.2 Å². The van der Waals surface area contributed by atoms with E-state index in [0.717, 1.165) is 11.8 Å². The van der Waals surface area contributed by atoms with Crippen molar-refractivity contribution in [2.24, 2.45) is 16.6 Å². The summed E-state index contributed by atoms with van der Waals surface area (Å²) in [6.07, 6.45) is -0.797. The maximum Gasteiger partial charge on any atom is 0.327 e. The van der Waals surface area contributed by atoms with E-state index in [0.29, 0.717) is 11.3 Å². The summed E-state index contributed by atoms with van der Waals surface area (Å²) >= 11 is 0.905. The number of amides is 2. The van der Waals surface area contributed by atoms with Crippen molar-refractivity contribution in [1.82, 2.24) is 10.6 Å². The minimum atomic E-state index is -1.76. The first kappa shape index (κ1) is 31.2. The van der Waals surface area contributed by atoms with E-state index in [9.17, 15) is 39.3 Å². The molecule has 2 amide bonds. The molecule has 15 nitrogen and oxygen atoms in total. The van der Waals surface area contributed by atoms with E-state index in [-0.39, 0.29) is 24.3 Å². The van der Waals surface area contributed by atoms with Gasteiger partial charge in [-0.15, -0.1) is 0 Å². The van der Waals surface area contributed by atoms with E-state index < -0.39 is 59.8 Å². The third-order valence-corrected chi connectivity index (χ3v) is 6.30. The number of nitrogens with one attached hydrogen (secondary N) is 2. The highest BCUT2D eigenvalue weighted by Crippen LogP contribution is 2.21. The number of carboxylic acids is 3. The zero-order valence-corrected chi connectivity index (χ0v) is 20.7. The molecule has 0 fully saturated rings. The number of aliphatic carboxylic acids is 3. The SMILES string of the molecule is C[C@H](N)C(=O)N[C@H](CCC(=O)N[C@@H](CSC[C@@](N)(Cc1ccc(N=[N+]=[N-])cc1)C(=O)O)C(=O)O)C(=O)O. The molecule has 0 bridgehead atoms. The van der Waals surface area contributed by atoms with Crippen LogP contribution in [-0.4, -0.2) is 80.2 Å². The normalized spacial score (nSPS) is 14.7. The average Bonchev–Trinajstić information content (AvgIpc) is 2.81. The summed E-state index contributed by atoms with van der Waals surface area (Å²) in [5, 5.41) is 36.1. The summed E-state index contributed by atoms with van der Waals surface area (Å²) in [6, 6.07) is 2.36. The van der Waals surface area contributed by atoms with Gasteiger partial charge in [0.05, 0.1) is 6.04 Å². The molecule has 0 saturated heterocycles. The van der Waals surface area contributed by atoms with Crippen molar-refractivity contribution in [3.8, 4) is 0 Å². The van der Waals surface area contributed by atoms with Crippen LogP contribution < -0.4 is 22.1 Å². The Kier molecular flexibility index (Phi) is 12.3. The lowest BCUT2D eigenvalue weighted by Gasteiger charge is -2.25. The number of rotatable bonds is 16. The number of nitrogens with zero attached hydrogens (tertiary/aromatic N) is 3. The smallest absolute Gasteiger partial charge is 0.327 e. The summed E-state index contributed by atoms with van der Waals surface area (Å²) < 4.78 is 0. The molecule has 1 aromatic carbocycles. The van der Waals surface area contributed by atoms with Gasteiger partial charge >= 0.3 is 17.9 Å². The van der Waals surface area contributed by atoms with Crippen LogP contribution in [0.25, 0.3) is 10.4 Å². The van der Waals surface area contributed by atoms with Gasteiger partial charge in [-0.1, -0.05) is 29.4 Å². The molecule has 0 heterocycles. The van der Waals surface area contributed by atoms with Crippen molar-refractivity contribution in [1.29, 1.82) is 0 Å². The first-order valence-corrected chi connectivity index (χ1v) is 12.0. The van der Waals surface area contributed by atoms with Crippen LogP contribution in [0.4, 0.5) is 5.69 Å². The molecule has 0 aliphatic rings. The van der Waals surface area contributed by atoms with Gasteiger partial charge < -0.3 is 37.4 Å². The van der Waals surface area contributed by atoms with Crippen LogP contribution in [0.5, 0.6) is 0 Å². The molecule has 37 heavy (non-hydrogen) atoms. The Labute approximate surface area is 215 Å². The van der Waals surface area contributed by atoms with E-state index in [4.69, 9.17) is 17.0 Å². The Bertz CT molecular complexity index is 1050. The maximum absolute atomic E-state index is 12.2. The molecule has 4 atom stereocenters. The fraction of sp³-hybridized carbons (Fsp3) is 0.476. The number of hydrogen-bond acceptors (Lipinski definition) is 9. The minimum absolute atomic E-state index is 0.0975. The Morgan fingerprint density at radius 2 is 1.68 bits per heavy atom. The van der Waals surface area contributed by atoms with Gasteiger partial charge in [0.15, 0.2) is 0 Å². The molecular formula is C21H29N7O8S. The van der Waals surface area contributed by atoms with E-state index in [1.807, 2.05) is 0 Å². The third kappa shape index (κ3) is 10.7.